The van der Waals surface area contributed by atoms with Gasteiger partial charge in [0.15, 0.2) is 0 Å². The van der Waals surface area contributed by atoms with Gasteiger partial charge in [-0.1, -0.05) is 26.3 Å². The molecule has 2 unspecified atom stereocenters. The minimum absolute atomic E-state index is 0.0175. The molecule has 2 nitrogen and oxygen atoms in total. The van der Waals surface area contributed by atoms with Gasteiger partial charge in [0.05, 0.1) is 0 Å². The van der Waals surface area contributed by atoms with Crippen molar-refractivity contribution in [3.8, 4) is 0 Å². The lowest BCUT2D eigenvalue weighted by molar-refractivity contribution is -0.117. The maximum Gasteiger partial charge on any atom is 0.146 e. The van der Waals surface area contributed by atoms with Gasteiger partial charge in [-0.05, 0) is 42.6 Å². The molecular formula is C15H22O2. The molecule has 0 N–H and O–H groups in total. The van der Waals surface area contributed by atoms with Crippen LogP contribution in [0, 0.1) is 29.1 Å². The van der Waals surface area contributed by atoms with Gasteiger partial charge in [-0.2, -0.15) is 0 Å². The molecule has 0 aromatic heterocycles. The van der Waals surface area contributed by atoms with E-state index in [0.717, 1.165) is 36.6 Å². The molecular weight excluding hydrogens is 212 g/mol. The molecule has 1 fully saturated rings. The van der Waals surface area contributed by atoms with Crippen molar-refractivity contribution in [2.45, 2.75) is 40.5 Å². The zero-order valence-corrected chi connectivity index (χ0v) is 11.2. The number of aldehydes is 2. The molecule has 0 spiro atoms. The predicted molar refractivity (Wildman–Crippen MR) is 67.5 cm³/mol. The van der Waals surface area contributed by atoms with E-state index < -0.39 is 0 Å². The van der Waals surface area contributed by atoms with E-state index in [-0.39, 0.29) is 17.3 Å². The topological polar surface area (TPSA) is 34.1 Å². The summed E-state index contributed by atoms with van der Waals surface area (Å²) in [6, 6.07) is 0. The number of carbonyl (C=O) groups excluding carboxylic acids is 2. The van der Waals surface area contributed by atoms with Gasteiger partial charge < -0.3 is 4.79 Å². The number of rotatable bonds is 3. The van der Waals surface area contributed by atoms with Gasteiger partial charge in [0.1, 0.15) is 12.6 Å². The summed E-state index contributed by atoms with van der Waals surface area (Å²) in [4.78, 5) is 22.8. The maximum atomic E-state index is 11.5. The molecule has 0 aromatic carbocycles. The number of hydrogen-bond donors (Lipinski definition) is 0. The lowest BCUT2D eigenvalue weighted by Gasteiger charge is -2.43. The highest BCUT2D eigenvalue weighted by Crippen LogP contribution is 2.60. The lowest BCUT2D eigenvalue weighted by atomic mass is 9.60. The van der Waals surface area contributed by atoms with E-state index in [0.29, 0.717) is 11.8 Å². The van der Waals surface area contributed by atoms with E-state index in [2.05, 4.69) is 20.8 Å². The van der Waals surface area contributed by atoms with Crippen LogP contribution in [0.4, 0.5) is 0 Å². The molecule has 0 saturated heterocycles. The third-order valence-electron chi connectivity index (χ3n) is 5.36. The lowest BCUT2D eigenvalue weighted by Crippen LogP contribution is -2.39. The highest BCUT2D eigenvalue weighted by Gasteiger charge is 2.55. The quantitative estimate of drug-likeness (QED) is 0.703. The second kappa shape index (κ2) is 4.08. The number of hydrogen-bond acceptors (Lipinski definition) is 2. The summed E-state index contributed by atoms with van der Waals surface area (Å²) in [5.41, 5.74) is 2.02. The fourth-order valence-corrected chi connectivity index (χ4v) is 4.07. The van der Waals surface area contributed by atoms with E-state index in [1.807, 2.05) is 6.92 Å². The SMILES string of the molecule is CC1=C(C=O)C2[C@@H](C(C)C)CCC1(C)[C@H]2C=O. The van der Waals surface area contributed by atoms with Crippen molar-refractivity contribution in [1.29, 1.82) is 0 Å². The van der Waals surface area contributed by atoms with E-state index in [4.69, 9.17) is 0 Å². The van der Waals surface area contributed by atoms with Gasteiger partial charge in [-0.15, -0.1) is 0 Å². The van der Waals surface area contributed by atoms with Crippen molar-refractivity contribution in [2.75, 3.05) is 0 Å². The van der Waals surface area contributed by atoms with E-state index in [9.17, 15) is 9.59 Å². The van der Waals surface area contributed by atoms with Crippen molar-refractivity contribution in [2.24, 2.45) is 29.1 Å². The third kappa shape index (κ3) is 1.53. The van der Waals surface area contributed by atoms with Gasteiger partial charge in [-0.3, -0.25) is 4.79 Å². The van der Waals surface area contributed by atoms with Crippen molar-refractivity contribution in [1.82, 2.24) is 0 Å². The Morgan fingerprint density at radius 1 is 1.35 bits per heavy atom. The number of fused-ring (bicyclic) bond motifs is 2. The standard InChI is InChI=1S/C15H22O2/c1-9(2)11-5-6-15(4)10(3)12(7-16)14(11)13(15)8-17/h7-9,11,13-14H,5-6H2,1-4H3/t11-,13+,14?,15?/m1/s1. The summed E-state index contributed by atoms with van der Waals surface area (Å²) >= 11 is 0. The predicted octanol–water partition coefficient (Wildman–Crippen LogP) is 3.02. The molecule has 1 saturated carbocycles. The Hall–Kier alpha value is -0.920. The van der Waals surface area contributed by atoms with E-state index in [1.54, 1.807) is 0 Å². The molecule has 2 heteroatoms. The van der Waals surface area contributed by atoms with Crippen LogP contribution in [0.3, 0.4) is 0 Å². The maximum absolute atomic E-state index is 11.5. The summed E-state index contributed by atoms with van der Waals surface area (Å²) in [6.45, 7) is 8.60. The molecule has 2 bridgehead atoms. The van der Waals surface area contributed by atoms with E-state index >= 15 is 0 Å². The zero-order chi connectivity index (χ0) is 12.8. The first-order chi connectivity index (χ1) is 7.97. The Kier molecular flexibility index (Phi) is 3.01. The van der Waals surface area contributed by atoms with Crippen LogP contribution in [-0.2, 0) is 9.59 Å². The summed E-state index contributed by atoms with van der Waals surface area (Å²) in [5, 5.41) is 0. The first kappa shape index (κ1) is 12.5. The van der Waals surface area contributed by atoms with Crippen LogP contribution in [-0.4, -0.2) is 12.6 Å². The van der Waals surface area contributed by atoms with Crippen molar-refractivity contribution in [3.63, 3.8) is 0 Å². The van der Waals surface area contributed by atoms with Gasteiger partial charge in [0, 0.05) is 11.8 Å². The van der Waals surface area contributed by atoms with Crippen LogP contribution in [0.15, 0.2) is 11.1 Å². The molecule has 2 aliphatic rings. The Morgan fingerprint density at radius 3 is 2.47 bits per heavy atom. The molecule has 94 valence electrons. The van der Waals surface area contributed by atoms with Crippen molar-refractivity contribution < 1.29 is 9.59 Å². The third-order valence-corrected chi connectivity index (χ3v) is 5.36. The normalized spacial score (nSPS) is 40.9. The van der Waals surface area contributed by atoms with Gasteiger partial charge >= 0.3 is 0 Å². The Morgan fingerprint density at radius 2 is 2.00 bits per heavy atom. The Labute approximate surface area is 103 Å². The Balaban J connectivity index is 2.51. The molecule has 2 rings (SSSR count). The molecule has 0 amide bonds. The fraction of sp³-hybridized carbons (Fsp3) is 0.733. The van der Waals surface area contributed by atoms with Gasteiger partial charge in [0.25, 0.3) is 0 Å². The van der Waals surface area contributed by atoms with Crippen LogP contribution in [0.1, 0.15) is 40.5 Å². The first-order valence-corrected chi connectivity index (χ1v) is 6.59. The molecule has 0 aliphatic heterocycles. The highest BCUT2D eigenvalue weighted by molar-refractivity contribution is 5.80. The zero-order valence-electron chi connectivity index (χ0n) is 11.2. The molecule has 0 radical (unpaired) electrons. The minimum atomic E-state index is -0.0615. The molecule has 17 heavy (non-hydrogen) atoms. The second-order valence-electron chi connectivity index (χ2n) is 6.25. The van der Waals surface area contributed by atoms with Gasteiger partial charge in [0.2, 0.25) is 0 Å². The summed E-state index contributed by atoms with van der Waals surface area (Å²) in [6.07, 6.45) is 4.28. The summed E-state index contributed by atoms with van der Waals surface area (Å²) in [5.74, 6) is 1.20. The van der Waals surface area contributed by atoms with Crippen LogP contribution in [0.25, 0.3) is 0 Å². The summed E-state index contributed by atoms with van der Waals surface area (Å²) < 4.78 is 0. The van der Waals surface area contributed by atoms with E-state index in [1.165, 1.54) is 0 Å². The fourth-order valence-electron chi connectivity index (χ4n) is 4.07. The molecule has 4 atom stereocenters. The van der Waals surface area contributed by atoms with Crippen LogP contribution in [0.5, 0.6) is 0 Å². The average Bonchev–Trinajstić information content (AvgIpc) is 2.41. The molecule has 0 heterocycles. The molecule has 2 aliphatic carbocycles. The molecule has 0 aromatic rings. The minimum Gasteiger partial charge on any atom is -0.303 e. The number of carbonyl (C=O) groups is 2. The van der Waals surface area contributed by atoms with Gasteiger partial charge in [-0.25, -0.2) is 0 Å². The smallest absolute Gasteiger partial charge is 0.146 e. The van der Waals surface area contributed by atoms with Crippen LogP contribution < -0.4 is 0 Å². The van der Waals surface area contributed by atoms with Crippen LogP contribution >= 0.6 is 0 Å². The van der Waals surface area contributed by atoms with Crippen LogP contribution in [0.2, 0.25) is 0 Å². The average molecular weight is 234 g/mol. The highest BCUT2D eigenvalue weighted by atomic mass is 16.1. The number of allylic oxidation sites excluding steroid dienone is 2. The summed E-state index contributed by atoms with van der Waals surface area (Å²) in [7, 11) is 0. The second-order valence-corrected chi connectivity index (χ2v) is 6.25. The first-order valence-electron chi connectivity index (χ1n) is 6.59. The largest absolute Gasteiger partial charge is 0.303 e. The van der Waals surface area contributed by atoms with Crippen molar-refractivity contribution >= 4 is 12.6 Å². The Bertz CT molecular complexity index is 380. The van der Waals surface area contributed by atoms with Crippen molar-refractivity contribution in [3.05, 3.63) is 11.1 Å². The monoisotopic (exact) mass is 234 g/mol.